The number of nitrogens with zero attached hydrogens (tertiary/aromatic N) is 2. The van der Waals surface area contributed by atoms with Crippen molar-refractivity contribution in [3.8, 4) is 12.1 Å². The van der Waals surface area contributed by atoms with Crippen LogP contribution in [0.2, 0.25) is 0 Å². The second-order valence-corrected chi connectivity index (χ2v) is 6.53. The number of fused-ring (bicyclic) bond motifs is 6. The summed E-state index contributed by atoms with van der Waals surface area (Å²) in [6, 6.07) is 4.49. The van der Waals surface area contributed by atoms with Crippen LogP contribution in [0, 0.1) is 51.7 Å². The highest BCUT2D eigenvalue weighted by Crippen LogP contribution is 2.58. The minimum absolute atomic E-state index is 0.659. The molecule has 3 saturated carbocycles. The van der Waals surface area contributed by atoms with Crippen molar-refractivity contribution in [2.45, 2.75) is 32.1 Å². The fraction of sp³-hybridized carbons (Fsp3) is 0.625. The summed E-state index contributed by atoms with van der Waals surface area (Å²) in [6.07, 6.45) is 10.4. The predicted octanol–water partition coefficient (Wildman–Crippen LogP) is 3.34. The van der Waals surface area contributed by atoms with Crippen molar-refractivity contribution in [3.63, 3.8) is 0 Å². The van der Waals surface area contributed by atoms with E-state index in [1.165, 1.54) is 30.4 Å². The molecule has 0 amide bonds. The average Bonchev–Trinajstić information content (AvgIpc) is 3.08. The molecule has 0 aromatic heterocycles. The third-order valence-corrected chi connectivity index (χ3v) is 5.66. The van der Waals surface area contributed by atoms with E-state index in [2.05, 4.69) is 24.3 Å². The molecule has 0 heterocycles. The van der Waals surface area contributed by atoms with E-state index in [0.717, 1.165) is 23.7 Å². The molecule has 0 aromatic rings. The van der Waals surface area contributed by atoms with E-state index in [1.807, 2.05) is 0 Å². The molecule has 2 bridgehead atoms. The summed E-state index contributed by atoms with van der Waals surface area (Å²) in [7, 11) is 0. The van der Waals surface area contributed by atoms with E-state index >= 15 is 0 Å². The van der Waals surface area contributed by atoms with Crippen LogP contribution in [0.4, 0.5) is 0 Å². The molecule has 90 valence electrons. The molecule has 4 rings (SSSR count). The van der Waals surface area contributed by atoms with E-state index < -0.39 is 5.41 Å². The van der Waals surface area contributed by atoms with Crippen molar-refractivity contribution < 1.29 is 0 Å². The Hall–Kier alpha value is -1.54. The molecule has 0 aromatic carbocycles. The molecule has 4 aliphatic rings. The van der Waals surface area contributed by atoms with Crippen molar-refractivity contribution in [3.05, 3.63) is 23.3 Å². The number of rotatable bonds is 0. The van der Waals surface area contributed by atoms with Crippen molar-refractivity contribution in [2.75, 3.05) is 0 Å². The first kappa shape index (κ1) is 10.4. The molecule has 18 heavy (non-hydrogen) atoms. The maximum absolute atomic E-state index is 9.26. The van der Waals surface area contributed by atoms with Gasteiger partial charge < -0.3 is 0 Å². The fourth-order valence-corrected chi connectivity index (χ4v) is 4.79. The quantitative estimate of drug-likeness (QED) is 0.647. The highest BCUT2D eigenvalue weighted by atomic mass is 14.5. The third-order valence-electron chi connectivity index (χ3n) is 5.66. The van der Waals surface area contributed by atoms with E-state index in [0.29, 0.717) is 12.8 Å². The molecule has 0 N–H and O–H groups in total. The maximum atomic E-state index is 9.26. The fourth-order valence-electron chi connectivity index (χ4n) is 4.79. The summed E-state index contributed by atoms with van der Waals surface area (Å²) in [5.41, 5.74) is 1.86. The van der Waals surface area contributed by atoms with E-state index in [4.69, 9.17) is 0 Å². The van der Waals surface area contributed by atoms with Crippen LogP contribution in [-0.2, 0) is 0 Å². The lowest BCUT2D eigenvalue weighted by Gasteiger charge is -2.30. The molecule has 2 nitrogen and oxygen atoms in total. The smallest absolute Gasteiger partial charge is 0.151 e. The Morgan fingerprint density at radius 1 is 0.944 bits per heavy atom. The normalized spacial score (nSPS) is 42.3. The van der Waals surface area contributed by atoms with Gasteiger partial charge in [-0.3, -0.25) is 0 Å². The van der Waals surface area contributed by atoms with Crippen LogP contribution >= 0.6 is 0 Å². The Morgan fingerprint density at radius 3 is 1.89 bits per heavy atom. The summed E-state index contributed by atoms with van der Waals surface area (Å²) in [6.45, 7) is 0. The van der Waals surface area contributed by atoms with Crippen LogP contribution in [0.15, 0.2) is 23.3 Å². The SMILES string of the molecule is N#CC1(C#N)CC2=CC3C4CCC(C4)C3C=C2C1. The molecule has 0 saturated heterocycles. The van der Waals surface area contributed by atoms with Crippen LogP contribution in [-0.4, -0.2) is 0 Å². The lowest BCUT2D eigenvalue weighted by Crippen LogP contribution is -2.22. The van der Waals surface area contributed by atoms with E-state index in [-0.39, 0.29) is 0 Å². The zero-order valence-corrected chi connectivity index (χ0v) is 10.4. The van der Waals surface area contributed by atoms with Gasteiger partial charge in [-0.2, -0.15) is 10.5 Å². The highest BCUT2D eigenvalue weighted by molar-refractivity contribution is 5.47. The number of hydrogen-bond acceptors (Lipinski definition) is 2. The first-order chi connectivity index (χ1) is 8.74. The Kier molecular flexibility index (Phi) is 1.89. The topological polar surface area (TPSA) is 47.6 Å². The number of hydrogen-bond donors (Lipinski definition) is 0. The number of allylic oxidation sites excluding steroid dienone is 4. The van der Waals surface area contributed by atoms with Gasteiger partial charge in [0.25, 0.3) is 0 Å². The van der Waals surface area contributed by atoms with Gasteiger partial charge in [0.05, 0.1) is 12.1 Å². The van der Waals surface area contributed by atoms with Gasteiger partial charge in [0.15, 0.2) is 5.41 Å². The molecule has 0 aliphatic heterocycles. The first-order valence-corrected chi connectivity index (χ1v) is 6.99. The van der Waals surface area contributed by atoms with E-state index in [1.54, 1.807) is 0 Å². The van der Waals surface area contributed by atoms with Gasteiger partial charge in [-0.05, 0) is 54.1 Å². The lowest BCUT2D eigenvalue weighted by atomic mass is 9.74. The van der Waals surface area contributed by atoms with Gasteiger partial charge in [0.2, 0.25) is 0 Å². The van der Waals surface area contributed by atoms with Gasteiger partial charge in [0.1, 0.15) is 0 Å². The third kappa shape index (κ3) is 1.16. The Balaban J connectivity index is 1.73. The summed E-state index contributed by atoms with van der Waals surface area (Å²) >= 11 is 0. The monoisotopic (exact) mass is 236 g/mol. The van der Waals surface area contributed by atoms with Gasteiger partial charge in [-0.25, -0.2) is 0 Å². The highest BCUT2D eigenvalue weighted by Gasteiger charge is 2.50. The lowest BCUT2D eigenvalue weighted by molar-refractivity contribution is 0.312. The first-order valence-electron chi connectivity index (χ1n) is 6.99. The summed E-state index contributed by atoms with van der Waals surface area (Å²) in [5, 5.41) is 18.5. The van der Waals surface area contributed by atoms with Crippen molar-refractivity contribution >= 4 is 0 Å². The standard InChI is InChI=1S/C16H16N2/c17-8-16(9-18)6-12-4-14-10-1-2-11(3-10)15(14)5-13(12)7-16/h4-5,10-11,14-15H,1-3,6-7H2. The van der Waals surface area contributed by atoms with Gasteiger partial charge in [-0.15, -0.1) is 0 Å². The molecule has 0 spiro atoms. The van der Waals surface area contributed by atoms with Crippen molar-refractivity contribution in [1.29, 1.82) is 10.5 Å². The summed E-state index contributed by atoms with van der Waals surface area (Å²) in [4.78, 5) is 0. The average molecular weight is 236 g/mol. The Labute approximate surface area is 108 Å². The molecular weight excluding hydrogens is 220 g/mol. The zero-order chi connectivity index (χ0) is 12.3. The number of nitriles is 2. The molecule has 2 heteroatoms. The van der Waals surface area contributed by atoms with E-state index in [9.17, 15) is 10.5 Å². The minimum Gasteiger partial charge on any atom is -0.197 e. The van der Waals surface area contributed by atoms with Crippen LogP contribution in [0.1, 0.15) is 32.1 Å². The van der Waals surface area contributed by atoms with Crippen LogP contribution in [0.25, 0.3) is 0 Å². The van der Waals surface area contributed by atoms with Crippen LogP contribution < -0.4 is 0 Å². The van der Waals surface area contributed by atoms with Gasteiger partial charge in [0, 0.05) is 12.8 Å². The van der Waals surface area contributed by atoms with Crippen LogP contribution in [0.5, 0.6) is 0 Å². The molecule has 4 aliphatic carbocycles. The second kappa shape index (κ2) is 3.27. The molecule has 0 radical (unpaired) electrons. The van der Waals surface area contributed by atoms with Crippen molar-refractivity contribution in [2.24, 2.45) is 29.1 Å². The maximum Gasteiger partial charge on any atom is 0.151 e. The molecule has 4 unspecified atom stereocenters. The summed E-state index contributed by atoms with van der Waals surface area (Å²) < 4.78 is 0. The molecule has 3 fully saturated rings. The minimum atomic E-state index is -0.769. The zero-order valence-electron chi connectivity index (χ0n) is 10.4. The van der Waals surface area contributed by atoms with Crippen molar-refractivity contribution in [1.82, 2.24) is 0 Å². The Morgan fingerprint density at radius 2 is 1.44 bits per heavy atom. The second-order valence-electron chi connectivity index (χ2n) is 6.53. The van der Waals surface area contributed by atoms with Crippen LogP contribution in [0.3, 0.4) is 0 Å². The largest absolute Gasteiger partial charge is 0.197 e. The van der Waals surface area contributed by atoms with Gasteiger partial charge in [-0.1, -0.05) is 12.2 Å². The molecule has 4 atom stereocenters. The predicted molar refractivity (Wildman–Crippen MR) is 66.9 cm³/mol. The Bertz CT molecular complexity index is 505. The van der Waals surface area contributed by atoms with Gasteiger partial charge >= 0.3 is 0 Å². The summed E-state index contributed by atoms with van der Waals surface area (Å²) in [5.74, 6) is 3.19. The molecular formula is C16H16N2.